The molecule has 0 radical (unpaired) electrons. The lowest BCUT2D eigenvalue weighted by Gasteiger charge is -2.12. The lowest BCUT2D eigenvalue weighted by Crippen LogP contribution is -2.24. The second-order valence-corrected chi connectivity index (χ2v) is 5.68. The first-order valence-electron chi connectivity index (χ1n) is 7.64. The van der Waals surface area contributed by atoms with Gasteiger partial charge in [0.2, 0.25) is 5.91 Å². The van der Waals surface area contributed by atoms with Gasteiger partial charge in [-0.2, -0.15) is 15.3 Å². The van der Waals surface area contributed by atoms with E-state index in [1.807, 2.05) is 45.6 Å². The van der Waals surface area contributed by atoms with Crippen LogP contribution in [0, 0.1) is 13.8 Å². The maximum Gasteiger partial charge on any atom is 0.249 e. The van der Waals surface area contributed by atoms with Crippen LogP contribution in [0.25, 0.3) is 11.0 Å². The molecule has 0 aliphatic heterocycles. The fourth-order valence-corrected chi connectivity index (χ4v) is 2.65. The van der Waals surface area contributed by atoms with Crippen LogP contribution in [-0.2, 0) is 18.4 Å². The first-order chi connectivity index (χ1) is 10.9. The van der Waals surface area contributed by atoms with Gasteiger partial charge in [-0.25, -0.2) is 0 Å². The minimum absolute atomic E-state index is 0.123. The summed E-state index contributed by atoms with van der Waals surface area (Å²) in [5, 5.41) is 16.0. The second-order valence-electron chi connectivity index (χ2n) is 5.68. The van der Waals surface area contributed by atoms with Gasteiger partial charge >= 0.3 is 0 Å². The minimum atomic E-state index is -0.425. The van der Waals surface area contributed by atoms with E-state index < -0.39 is 6.04 Å². The van der Waals surface area contributed by atoms with Gasteiger partial charge in [-0.05, 0) is 27.7 Å². The van der Waals surface area contributed by atoms with E-state index in [0.717, 1.165) is 34.7 Å². The molecule has 3 aromatic rings. The SMILES string of the molecule is CCn1ncc(NC(=O)[C@@H](C)n2cc3c(n2)c(C)nn3C)c1C. The minimum Gasteiger partial charge on any atom is -0.321 e. The molecule has 0 aliphatic rings. The molecular formula is C15H21N7O. The van der Waals surface area contributed by atoms with Crippen molar-refractivity contribution in [3.63, 3.8) is 0 Å². The number of hydrogen-bond donors (Lipinski definition) is 1. The first-order valence-corrected chi connectivity index (χ1v) is 7.64. The first kappa shape index (κ1) is 15.3. The third-order valence-corrected chi connectivity index (χ3v) is 4.14. The van der Waals surface area contributed by atoms with Crippen molar-refractivity contribution in [2.24, 2.45) is 7.05 Å². The number of anilines is 1. The van der Waals surface area contributed by atoms with Gasteiger partial charge in [-0.15, -0.1) is 0 Å². The van der Waals surface area contributed by atoms with Crippen LogP contribution in [0.3, 0.4) is 0 Å². The fraction of sp³-hybridized carbons (Fsp3) is 0.467. The number of nitrogens with zero attached hydrogens (tertiary/aromatic N) is 6. The van der Waals surface area contributed by atoms with Gasteiger partial charge in [0.15, 0.2) is 0 Å². The number of hydrogen-bond acceptors (Lipinski definition) is 4. The van der Waals surface area contributed by atoms with Crippen LogP contribution >= 0.6 is 0 Å². The van der Waals surface area contributed by atoms with Crippen LogP contribution < -0.4 is 5.32 Å². The Morgan fingerprint density at radius 1 is 1.35 bits per heavy atom. The molecule has 1 amide bonds. The van der Waals surface area contributed by atoms with Gasteiger partial charge in [0.1, 0.15) is 17.1 Å². The standard InChI is InChI=1S/C15H21N7O/c1-6-21-10(3)12(7-16-21)17-15(23)11(4)22-8-13-14(19-22)9(2)18-20(13)5/h7-8,11H,6H2,1-5H3,(H,17,23)/t11-/m1/s1. The summed E-state index contributed by atoms with van der Waals surface area (Å²) in [6.45, 7) is 8.46. The molecule has 3 heterocycles. The summed E-state index contributed by atoms with van der Waals surface area (Å²) in [6, 6.07) is -0.425. The van der Waals surface area contributed by atoms with Crippen LogP contribution in [-0.4, -0.2) is 35.2 Å². The van der Waals surface area contributed by atoms with Gasteiger partial charge in [0.25, 0.3) is 0 Å². The second kappa shape index (κ2) is 5.53. The molecule has 0 unspecified atom stereocenters. The predicted molar refractivity (Wildman–Crippen MR) is 87.2 cm³/mol. The molecule has 8 nitrogen and oxygen atoms in total. The van der Waals surface area contributed by atoms with Crippen molar-refractivity contribution in [3.8, 4) is 0 Å². The topological polar surface area (TPSA) is 82.6 Å². The lowest BCUT2D eigenvalue weighted by atomic mass is 10.3. The highest BCUT2D eigenvalue weighted by molar-refractivity contribution is 5.94. The largest absolute Gasteiger partial charge is 0.321 e. The van der Waals surface area contributed by atoms with Crippen molar-refractivity contribution in [3.05, 3.63) is 23.8 Å². The molecule has 0 aromatic carbocycles. The van der Waals surface area contributed by atoms with Crippen molar-refractivity contribution in [2.45, 2.75) is 40.3 Å². The Labute approximate surface area is 134 Å². The molecule has 1 N–H and O–H groups in total. The molecule has 122 valence electrons. The van der Waals surface area contributed by atoms with Crippen LogP contribution in [0.15, 0.2) is 12.4 Å². The Hall–Kier alpha value is -2.64. The summed E-state index contributed by atoms with van der Waals surface area (Å²) in [5.74, 6) is -0.123. The fourth-order valence-electron chi connectivity index (χ4n) is 2.65. The number of amides is 1. The number of aryl methyl sites for hydroxylation is 3. The molecule has 0 aliphatic carbocycles. The summed E-state index contributed by atoms with van der Waals surface area (Å²) in [4.78, 5) is 12.5. The number of carbonyl (C=O) groups is 1. The average Bonchev–Trinajstić information content (AvgIpc) is 3.17. The van der Waals surface area contributed by atoms with Crippen LogP contribution in [0.1, 0.15) is 31.3 Å². The molecule has 23 heavy (non-hydrogen) atoms. The van der Waals surface area contributed by atoms with Gasteiger partial charge in [0.05, 0.1) is 29.5 Å². The smallest absolute Gasteiger partial charge is 0.249 e. The Balaban J connectivity index is 1.83. The van der Waals surface area contributed by atoms with E-state index in [0.29, 0.717) is 0 Å². The van der Waals surface area contributed by atoms with E-state index in [1.165, 1.54) is 0 Å². The van der Waals surface area contributed by atoms with E-state index in [1.54, 1.807) is 15.6 Å². The molecule has 0 saturated heterocycles. The maximum absolute atomic E-state index is 12.5. The Morgan fingerprint density at radius 3 is 2.70 bits per heavy atom. The molecule has 0 spiro atoms. The summed E-state index contributed by atoms with van der Waals surface area (Å²) >= 11 is 0. The highest BCUT2D eigenvalue weighted by Gasteiger charge is 2.20. The number of carbonyl (C=O) groups excluding carboxylic acids is 1. The summed E-state index contributed by atoms with van der Waals surface area (Å²) in [7, 11) is 1.87. The van der Waals surface area contributed by atoms with Gasteiger partial charge in [0, 0.05) is 13.6 Å². The van der Waals surface area contributed by atoms with E-state index in [2.05, 4.69) is 20.6 Å². The van der Waals surface area contributed by atoms with Gasteiger partial charge in [-0.1, -0.05) is 0 Å². The van der Waals surface area contributed by atoms with Crippen LogP contribution in [0.4, 0.5) is 5.69 Å². The van der Waals surface area contributed by atoms with E-state index in [9.17, 15) is 4.79 Å². The molecule has 1 atom stereocenters. The predicted octanol–water partition coefficient (Wildman–Crippen LogP) is 1.80. The third-order valence-electron chi connectivity index (χ3n) is 4.14. The molecule has 3 rings (SSSR count). The maximum atomic E-state index is 12.5. The Morgan fingerprint density at radius 2 is 2.09 bits per heavy atom. The monoisotopic (exact) mass is 315 g/mol. The summed E-state index contributed by atoms with van der Waals surface area (Å²) in [5.41, 5.74) is 4.27. The third kappa shape index (κ3) is 2.49. The molecular weight excluding hydrogens is 294 g/mol. The average molecular weight is 315 g/mol. The number of fused-ring (bicyclic) bond motifs is 1. The number of rotatable bonds is 4. The normalized spacial score (nSPS) is 12.7. The quantitative estimate of drug-likeness (QED) is 0.796. The molecule has 0 bridgehead atoms. The van der Waals surface area contributed by atoms with E-state index in [-0.39, 0.29) is 5.91 Å². The van der Waals surface area contributed by atoms with Crippen LogP contribution in [0.2, 0.25) is 0 Å². The zero-order chi connectivity index (χ0) is 16.7. The van der Waals surface area contributed by atoms with Crippen molar-refractivity contribution < 1.29 is 4.79 Å². The van der Waals surface area contributed by atoms with Crippen molar-refractivity contribution in [1.29, 1.82) is 0 Å². The molecule has 0 saturated carbocycles. The lowest BCUT2D eigenvalue weighted by molar-refractivity contribution is -0.119. The molecule has 3 aromatic heterocycles. The van der Waals surface area contributed by atoms with E-state index >= 15 is 0 Å². The molecule has 8 heteroatoms. The van der Waals surface area contributed by atoms with Crippen molar-refractivity contribution >= 4 is 22.6 Å². The summed E-state index contributed by atoms with van der Waals surface area (Å²) in [6.07, 6.45) is 3.53. The highest BCUT2D eigenvalue weighted by atomic mass is 16.2. The Kier molecular flexibility index (Phi) is 3.67. The number of aromatic nitrogens is 6. The molecule has 0 fully saturated rings. The number of nitrogens with one attached hydrogen (secondary N) is 1. The zero-order valence-corrected chi connectivity index (χ0v) is 14.0. The summed E-state index contributed by atoms with van der Waals surface area (Å²) < 4.78 is 5.29. The van der Waals surface area contributed by atoms with Crippen molar-refractivity contribution in [2.75, 3.05) is 5.32 Å². The zero-order valence-electron chi connectivity index (χ0n) is 14.0. The highest BCUT2D eigenvalue weighted by Crippen LogP contribution is 2.20. The van der Waals surface area contributed by atoms with Gasteiger partial charge < -0.3 is 5.32 Å². The van der Waals surface area contributed by atoms with Crippen LogP contribution in [0.5, 0.6) is 0 Å². The van der Waals surface area contributed by atoms with E-state index in [4.69, 9.17) is 0 Å². The van der Waals surface area contributed by atoms with Gasteiger partial charge in [-0.3, -0.25) is 18.8 Å². The Bertz CT molecular complexity index is 836. The van der Waals surface area contributed by atoms with Crippen molar-refractivity contribution in [1.82, 2.24) is 29.3 Å².